The zero-order valence-corrected chi connectivity index (χ0v) is 7.01. The van der Waals surface area contributed by atoms with Crippen molar-refractivity contribution in [3.63, 3.8) is 0 Å². The number of hydrogen-bond acceptors (Lipinski definition) is 2. The maximum absolute atomic E-state index is 4.50. The molecular formula is C8H13NS. The van der Waals surface area contributed by atoms with Crippen LogP contribution >= 0.6 is 12.6 Å². The topological polar surface area (TPSA) is 26.0 Å². The molecule has 1 nitrogen and oxygen atoms in total. The Morgan fingerprint density at radius 2 is 1.70 bits per heavy atom. The second-order valence-corrected chi connectivity index (χ2v) is 1.96. The summed E-state index contributed by atoms with van der Waals surface area (Å²) in [6, 6.07) is 10.2. The van der Waals surface area contributed by atoms with E-state index in [1.54, 1.807) is 0 Å². The van der Waals surface area contributed by atoms with Gasteiger partial charge in [0.25, 0.3) is 0 Å². The molecule has 0 saturated heterocycles. The first-order valence-corrected chi connectivity index (χ1v) is 3.79. The number of nitrogens with two attached hydrogens (primary N) is 1. The monoisotopic (exact) mass is 155 g/mol. The number of benzene rings is 1. The van der Waals surface area contributed by atoms with Crippen molar-refractivity contribution >= 4 is 12.6 Å². The average molecular weight is 155 g/mol. The molecule has 0 aromatic heterocycles. The molecule has 2 heteroatoms. The van der Waals surface area contributed by atoms with Gasteiger partial charge in [-0.15, -0.1) is 0 Å². The normalized spacial score (nSPS) is 7.90. The van der Waals surface area contributed by atoms with E-state index in [1.807, 2.05) is 18.2 Å². The van der Waals surface area contributed by atoms with E-state index >= 15 is 0 Å². The van der Waals surface area contributed by atoms with Crippen molar-refractivity contribution in [2.24, 2.45) is 5.73 Å². The van der Waals surface area contributed by atoms with E-state index in [-0.39, 0.29) is 0 Å². The first-order chi connectivity index (χ1) is 4.93. The Hall–Kier alpha value is -0.470. The van der Waals surface area contributed by atoms with Gasteiger partial charge in [-0.1, -0.05) is 30.3 Å². The Morgan fingerprint density at radius 3 is 2.00 bits per heavy atom. The van der Waals surface area contributed by atoms with Gasteiger partial charge in [0.2, 0.25) is 0 Å². The van der Waals surface area contributed by atoms with Crippen LogP contribution in [0, 0.1) is 0 Å². The van der Waals surface area contributed by atoms with E-state index in [9.17, 15) is 0 Å². The minimum Gasteiger partial charge on any atom is -0.333 e. The Kier molecular flexibility index (Phi) is 6.33. The van der Waals surface area contributed by atoms with Crippen molar-refractivity contribution in [2.45, 2.75) is 5.75 Å². The van der Waals surface area contributed by atoms with E-state index in [0.29, 0.717) is 0 Å². The van der Waals surface area contributed by atoms with Crippen LogP contribution in [0.25, 0.3) is 0 Å². The van der Waals surface area contributed by atoms with Crippen LogP contribution in [0.2, 0.25) is 0 Å². The van der Waals surface area contributed by atoms with Gasteiger partial charge in [0.05, 0.1) is 0 Å². The molecule has 0 unspecified atom stereocenters. The van der Waals surface area contributed by atoms with E-state index in [1.165, 1.54) is 12.6 Å². The van der Waals surface area contributed by atoms with Crippen molar-refractivity contribution in [2.75, 3.05) is 7.05 Å². The van der Waals surface area contributed by atoms with Crippen LogP contribution in [0.5, 0.6) is 0 Å². The molecule has 1 aromatic rings. The van der Waals surface area contributed by atoms with Gasteiger partial charge >= 0.3 is 0 Å². The maximum Gasteiger partial charge on any atom is 0.0154 e. The van der Waals surface area contributed by atoms with E-state index in [2.05, 4.69) is 30.5 Å². The summed E-state index contributed by atoms with van der Waals surface area (Å²) in [5.74, 6) is 0.834. The summed E-state index contributed by atoms with van der Waals surface area (Å²) < 4.78 is 0. The minimum atomic E-state index is 0.834. The van der Waals surface area contributed by atoms with E-state index < -0.39 is 0 Å². The highest BCUT2D eigenvalue weighted by molar-refractivity contribution is 7.79. The summed E-state index contributed by atoms with van der Waals surface area (Å²) in [4.78, 5) is 0. The van der Waals surface area contributed by atoms with Crippen LogP contribution < -0.4 is 5.73 Å². The molecule has 1 rings (SSSR count). The predicted octanol–water partition coefficient (Wildman–Crippen LogP) is 1.69. The van der Waals surface area contributed by atoms with Crippen molar-refractivity contribution in [1.82, 2.24) is 0 Å². The average Bonchev–Trinajstić information content (AvgIpc) is 2.10. The lowest BCUT2D eigenvalue weighted by Crippen LogP contribution is -1.71. The molecule has 0 heterocycles. The Morgan fingerprint density at radius 1 is 1.20 bits per heavy atom. The third kappa shape index (κ3) is 3.54. The van der Waals surface area contributed by atoms with Gasteiger partial charge in [0, 0.05) is 5.75 Å². The fourth-order valence-corrected chi connectivity index (χ4v) is 0.794. The molecule has 10 heavy (non-hydrogen) atoms. The lowest BCUT2D eigenvalue weighted by atomic mass is 10.2. The molecule has 1 aromatic carbocycles. The minimum absolute atomic E-state index is 0.834. The Bertz CT molecular complexity index is 151. The number of thiol groups is 1. The molecule has 0 aliphatic heterocycles. The first-order valence-electron chi connectivity index (χ1n) is 3.16. The molecule has 0 amide bonds. The van der Waals surface area contributed by atoms with E-state index in [0.717, 1.165) is 5.75 Å². The summed E-state index contributed by atoms with van der Waals surface area (Å²) in [5, 5.41) is 0. The highest BCUT2D eigenvalue weighted by atomic mass is 32.1. The van der Waals surface area contributed by atoms with Crippen LogP contribution in [-0.2, 0) is 5.75 Å². The maximum atomic E-state index is 4.50. The van der Waals surface area contributed by atoms with Crippen LogP contribution in [0.3, 0.4) is 0 Å². The zero-order valence-electron chi connectivity index (χ0n) is 6.12. The van der Waals surface area contributed by atoms with Gasteiger partial charge in [0.1, 0.15) is 0 Å². The molecule has 0 fully saturated rings. The molecule has 0 bridgehead atoms. The molecular weight excluding hydrogens is 142 g/mol. The lowest BCUT2D eigenvalue weighted by molar-refractivity contribution is 1.43. The second kappa shape index (κ2) is 6.65. The Balaban J connectivity index is 0.000000371. The molecule has 0 spiro atoms. The molecule has 2 N–H and O–H groups in total. The van der Waals surface area contributed by atoms with Gasteiger partial charge in [0.15, 0.2) is 0 Å². The summed E-state index contributed by atoms with van der Waals surface area (Å²) in [5.41, 5.74) is 5.77. The van der Waals surface area contributed by atoms with Gasteiger partial charge < -0.3 is 5.73 Å². The standard InChI is InChI=1S/C7H8S.CH5N/c8-6-7-4-2-1-3-5-7;1-2/h1-5,8H,6H2;2H2,1H3. The van der Waals surface area contributed by atoms with Crippen LogP contribution in [-0.4, -0.2) is 7.05 Å². The third-order valence-electron chi connectivity index (χ3n) is 1.03. The zero-order chi connectivity index (χ0) is 7.82. The third-order valence-corrected chi connectivity index (χ3v) is 1.39. The van der Waals surface area contributed by atoms with Gasteiger partial charge in [-0.25, -0.2) is 0 Å². The summed E-state index contributed by atoms with van der Waals surface area (Å²) in [7, 11) is 1.50. The summed E-state index contributed by atoms with van der Waals surface area (Å²) in [6.45, 7) is 0. The SMILES string of the molecule is CN.SCc1ccccc1. The highest BCUT2D eigenvalue weighted by Crippen LogP contribution is 2.00. The molecule has 0 atom stereocenters. The predicted molar refractivity (Wildman–Crippen MR) is 49.2 cm³/mol. The van der Waals surface area contributed by atoms with Gasteiger partial charge in [-0.3, -0.25) is 0 Å². The number of hydrogen-bond donors (Lipinski definition) is 2. The quantitative estimate of drug-likeness (QED) is 0.593. The number of rotatable bonds is 1. The summed E-state index contributed by atoms with van der Waals surface area (Å²) >= 11 is 4.11. The van der Waals surface area contributed by atoms with Crippen molar-refractivity contribution < 1.29 is 0 Å². The molecule has 0 radical (unpaired) electrons. The highest BCUT2D eigenvalue weighted by Gasteiger charge is 1.80. The van der Waals surface area contributed by atoms with Gasteiger partial charge in [-0.05, 0) is 12.6 Å². The fraction of sp³-hybridized carbons (Fsp3) is 0.250. The van der Waals surface area contributed by atoms with Crippen LogP contribution in [0.15, 0.2) is 30.3 Å². The van der Waals surface area contributed by atoms with Crippen LogP contribution in [0.4, 0.5) is 0 Å². The van der Waals surface area contributed by atoms with Crippen molar-refractivity contribution in [1.29, 1.82) is 0 Å². The lowest BCUT2D eigenvalue weighted by Gasteiger charge is -1.89. The van der Waals surface area contributed by atoms with Crippen molar-refractivity contribution in [3.8, 4) is 0 Å². The van der Waals surface area contributed by atoms with Crippen molar-refractivity contribution in [3.05, 3.63) is 35.9 Å². The van der Waals surface area contributed by atoms with Crippen LogP contribution in [0.1, 0.15) is 5.56 Å². The summed E-state index contributed by atoms with van der Waals surface area (Å²) in [6.07, 6.45) is 0. The Labute approximate surface area is 67.7 Å². The molecule has 56 valence electrons. The molecule has 0 saturated carbocycles. The second-order valence-electron chi connectivity index (χ2n) is 1.64. The first kappa shape index (κ1) is 9.53. The van der Waals surface area contributed by atoms with E-state index in [4.69, 9.17) is 0 Å². The molecule has 0 aliphatic rings. The largest absolute Gasteiger partial charge is 0.333 e. The van der Waals surface area contributed by atoms with Gasteiger partial charge in [-0.2, -0.15) is 12.6 Å². The smallest absolute Gasteiger partial charge is 0.0154 e. The molecule has 0 aliphatic carbocycles. The fourth-order valence-electron chi connectivity index (χ4n) is 0.583.